The Balaban J connectivity index is 0.984. The second-order valence-corrected chi connectivity index (χ2v) is 23.3. The molecule has 17 rings (SSSR count). The van der Waals surface area contributed by atoms with Gasteiger partial charge in [-0.3, -0.25) is 0 Å². The van der Waals surface area contributed by atoms with Crippen LogP contribution in [0.25, 0.3) is 153 Å². The fourth-order valence-electron chi connectivity index (χ4n) is 14.0. The molecule has 0 N–H and O–H groups in total. The first-order chi connectivity index (χ1) is 42.2. The third kappa shape index (κ3) is 5.59. The first kappa shape index (κ1) is 35.0. The number of rotatable bonds is 4. The Morgan fingerprint density at radius 1 is 0.295 bits per heavy atom. The smallest absolute Gasteiger partial charge is 0.0645 e. The molecule has 0 unspecified atom stereocenters. The lowest BCUT2D eigenvalue weighted by atomic mass is 9.85. The average molecular weight is 1010 g/mol. The molecule has 0 aliphatic carbocycles. The summed E-state index contributed by atoms with van der Waals surface area (Å²) in [4.78, 5) is 0. The van der Waals surface area contributed by atoms with Crippen molar-refractivity contribution in [2.75, 3.05) is 0 Å². The van der Waals surface area contributed by atoms with Crippen LogP contribution in [0.1, 0.15) is 66.4 Å². The molecular formula is C74H54N4. The number of hydrogen-bond acceptors (Lipinski definition) is 0. The van der Waals surface area contributed by atoms with Crippen LogP contribution in [0.5, 0.6) is 0 Å². The Morgan fingerprint density at radius 2 is 0.667 bits per heavy atom. The van der Waals surface area contributed by atoms with Crippen LogP contribution in [0.4, 0.5) is 0 Å². The second kappa shape index (κ2) is 15.2. The highest BCUT2D eigenvalue weighted by molar-refractivity contribution is 6.34. The maximum Gasteiger partial charge on any atom is 0.0645 e. The fourth-order valence-corrected chi connectivity index (χ4v) is 14.0. The van der Waals surface area contributed by atoms with Gasteiger partial charge in [0.25, 0.3) is 0 Å². The molecule has 78 heavy (non-hydrogen) atoms. The van der Waals surface area contributed by atoms with Crippen molar-refractivity contribution in [1.29, 1.82) is 0 Å². The Morgan fingerprint density at radius 3 is 1.09 bits per heavy atom. The van der Waals surface area contributed by atoms with Gasteiger partial charge in [-0.15, -0.1) is 0 Å². The van der Waals surface area contributed by atoms with Crippen molar-refractivity contribution >= 4 is 120 Å². The Labute approximate surface area is 464 Å². The molecule has 4 heteroatoms. The van der Waals surface area contributed by atoms with Crippen molar-refractivity contribution < 1.29 is 13.7 Å². The van der Waals surface area contributed by atoms with Crippen molar-refractivity contribution in [3.8, 4) is 33.6 Å². The number of benzene rings is 11. The topological polar surface area (TPSA) is 18.7 Å². The van der Waals surface area contributed by atoms with Crippen molar-refractivity contribution in [3.63, 3.8) is 0 Å². The lowest BCUT2D eigenvalue weighted by Crippen LogP contribution is -2.12. The molecule has 0 fully saturated rings. The van der Waals surface area contributed by atoms with Gasteiger partial charge in [-0.05, 0) is 105 Å². The first-order valence-corrected chi connectivity index (χ1v) is 26.8. The molecule has 6 heterocycles. The van der Waals surface area contributed by atoms with Gasteiger partial charge in [-0.1, -0.05) is 199 Å². The summed E-state index contributed by atoms with van der Waals surface area (Å²) in [6.07, 6.45) is 0. The van der Waals surface area contributed by atoms with Gasteiger partial charge in [-0.25, -0.2) is 0 Å². The van der Waals surface area contributed by atoms with Crippen LogP contribution in [0.15, 0.2) is 218 Å². The standard InChI is InChI=1S/C74H54N4/c1-73(2,3)57-31-17-29-53-67-47(45-27-19-35-61-65(45)51-25-13-15-33-59(51)75(61)43-21-9-7-10-22-43)37-39-49-55-42-64-56(41-63(55)77(69(53)57)71(49)67)50-40-38-48(68-54-30-18-32-58(74(4,5)6)70(54)78(64)72(50)68)46-28-20-36-62-66(46)52-26-14-16-34-60(52)76(62)44-23-11-8-12-24-44/h7-42H,1-6H3/i7D,8D,9D,10D,11D,12D,21D,22D,23D,24D. The Kier molecular flexibility index (Phi) is 6.82. The van der Waals surface area contributed by atoms with E-state index in [1.165, 1.54) is 11.1 Å². The van der Waals surface area contributed by atoms with Gasteiger partial charge in [0.1, 0.15) is 0 Å². The molecule has 4 nitrogen and oxygen atoms in total. The van der Waals surface area contributed by atoms with Gasteiger partial charge in [0, 0.05) is 76.0 Å². The van der Waals surface area contributed by atoms with E-state index in [-0.39, 0.29) is 70.5 Å². The van der Waals surface area contributed by atoms with Crippen LogP contribution in [0.2, 0.25) is 0 Å². The fraction of sp³-hybridized carbons (Fsp3) is 0.108. The van der Waals surface area contributed by atoms with Crippen LogP contribution in [-0.2, 0) is 10.8 Å². The summed E-state index contributed by atoms with van der Waals surface area (Å²) in [5.41, 5.74) is 15.8. The molecule has 11 aromatic carbocycles. The largest absolute Gasteiger partial charge is 0.309 e. The predicted octanol–water partition coefficient (Wildman–Crippen LogP) is 20.1. The summed E-state index contributed by atoms with van der Waals surface area (Å²) < 4.78 is 97.0. The van der Waals surface area contributed by atoms with Crippen LogP contribution >= 0.6 is 0 Å². The molecule has 0 saturated carbocycles. The Bertz CT molecular complexity index is 5600. The minimum atomic E-state index is -0.431. The molecule has 0 aliphatic heterocycles. The number of aromatic nitrogens is 4. The molecule has 0 atom stereocenters. The van der Waals surface area contributed by atoms with Crippen LogP contribution < -0.4 is 0 Å². The summed E-state index contributed by atoms with van der Waals surface area (Å²) in [7, 11) is 0. The highest BCUT2D eigenvalue weighted by atomic mass is 15.0. The first-order valence-electron chi connectivity index (χ1n) is 31.8. The van der Waals surface area contributed by atoms with Gasteiger partial charge < -0.3 is 17.9 Å². The zero-order valence-electron chi connectivity index (χ0n) is 53.8. The molecule has 0 saturated heterocycles. The SMILES string of the molecule is [2H]c1c([2H])c([2H])c(-n2c3ccccc3c3c(-c4ccc5c6cc7c(cc6n6c8c(C(C)(C)C)cccc8c4c56)c4ccc(-c5cccc6c5c5ccccc5n6-c5c([2H])c([2H])c([2H])c([2H])c5[2H])c5c6cccc(C(C)(C)C)c6n7c45)cccc32)c([2H])c1[2H]. The molecule has 370 valence electrons. The van der Waals surface area contributed by atoms with Crippen LogP contribution in [0.3, 0.4) is 0 Å². The number of fused-ring (bicyclic) bond motifs is 18. The van der Waals surface area contributed by atoms with E-state index in [0.29, 0.717) is 0 Å². The third-order valence-corrected chi connectivity index (χ3v) is 17.0. The van der Waals surface area contributed by atoms with E-state index in [2.05, 4.69) is 147 Å². The highest BCUT2D eigenvalue weighted by Crippen LogP contribution is 2.52. The maximum absolute atomic E-state index is 9.16. The molecule has 17 aromatic rings. The minimum Gasteiger partial charge on any atom is -0.309 e. The molecule has 6 aromatic heterocycles. The van der Waals surface area contributed by atoms with E-state index in [1.54, 1.807) is 0 Å². The lowest BCUT2D eigenvalue weighted by molar-refractivity contribution is 0.594. The van der Waals surface area contributed by atoms with E-state index in [9.17, 15) is 0 Å². The van der Waals surface area contributed by atoms with Gasteiger partial charge in [0.2, 0.25) is 0 Å². The van der Waals surface area contributed by atoms with E-state index in [4.69, 9.17) is 13.7 Å². The van der Waals surface area contributed by atoms with E-state index >= 15 is 0 Å². The third-order valence-electron chi connectivity index (χ3n) is 17.0. The van der Waals surface area contributed by atoms with Gasteiger partial charge in [-0.2, -0.15) is 0 Å². The van der Waals surface area contributed by atoms with Crippen molar-refractivity contribution in [1.82, 2.24) is 17.9 Å². The number of hydrogen-bond donors (Lipinski definition) is 0. The normalized spacial score (nSPS) is 14.8. The summed E-state index contributed by atoms with van der Waals surface area (Å²) in [6, 6.07) is 52.1. The van der Waals surface area contributed by atoms with E-state index < -0.39 is 12.1 Å². The molecule has 0 radical (unpaired) electrons. The zero-order chi connectivity index (χ0) is 60.8. The molecule has 0 aliphatic rings. The van der Waals surface area contributed by atoms with Crippen molar-refractivity contribution in [3.05, 3.63) is 229 Å². The molecule has 0 spiro atoms. The zero-order valence-corrected chi connectivity index (χ0v) is 43.8. The van der Waals surface area contributed by atoms with Gasteiger partial charge in [0.05, 0.1) is 68.9 Å². The van der Waals surface area contributed by atoms with Crippen molar-refractivity contribution in [2.45, 2.75) is 52.4 Å². The highest BCUT2D eigenvalue weighted by Gasteiger charge is 2.31. The van der Waals surface area contributed by atoms with E-state index in [0.717, 1.165) is 142 Å². The summed E-state index contributed by atoms with van der Waals surface area (Å²) in [5, 5.41) is 12.6. The monoisotopic (exact) mass is 1010 g/mol. The molecule has 0 amide bonds. The molecule has 0 bridgehead atoms. The summed E-state index contributed by atoms with van der Waals surface area (Å²) in [5.74, 6) is 0. The van der Waals surface area contributed by atoms with Gasteiger partial charge in [0.15, 0.2) is 0 Å². The predicted molar refractivity (Wildman–Crippen MR) is 333 cm³/mol. The summed E-state index contributed by atoms with van der Waals surface area (Å²) >= 11 is 0. The van der Waals surface area contributed by atoms with Gasteiger partial charge >= 0.3 is 0 Å². The number of nitrogens with zero attached hydrogens (tertiary/aromatic N) is 4. The summed E-state index contributed by atoms with van der Waals surface area (Å²) in [6.45, 7) is 13.7. The lowest BCUT2D eigenvalue weighted by Gasteiger charge is -2.21. The number of para-hydroxylation sites is 6. The van der Waals surface area contributed by atoms with Crippen LogP contribution in [0, 0.1) is 0 Å². The quantitative estimate of drug-likeness (QED) is 0.167. The minimum absolute atomic E-state index is 0.110. The average Bonchev–Trinajstić information content (AvgIpc) is 1.58. The second-order valence-electron chi connectivity index (χ2n) is 23.3. The van der Waals surface area contributed by atoms with Crippen LogP contribution in [-0.4, -0.2) is 17.9 Å². The maximum atomic E-state index is 9.16. The van der Waals surface area contributed by atoms with Crippen molar-refractivity contribution in [2.24, 2.45) is 0 Å². The Hall–Kier alpha value is -9.38. The van der Waals surface area contributed by atoms with E-state index in [1.807, 2.05) is 69.8 Å². The molecular weight excluding hydrogens is 945 g/mol.